The lowest BCUT2D eigenvalue weighted by molar-refractivity contribution is 0.357. The molecule has 1 aromatic heterocycles. The summed E-state index contributed by atoms with van der Waals surface area (Å²) in [6, 6.07) is 8.84. The van der Waals surface area contributed by atoms with Gasteiger partial charge in [0.1, 0.15) is 5.75 Å². The minimum Gasteiger partial charge on any atom is -0.493 e. The molecule has 0 fully saturated rings. The molecule has 3 nitrogen and oxygen atoms in total. The highest BCUT2D eigenvalue weighted by Gasteiger charge is 2.20. The van der Waals surface area contributed by atoms with Crippen molar-refractivity contribution in [2.75, 3.05) is 13.2 Å². The van der Waals surface area contributed by atoms with E-state index in [-0.39, 0.29) is 6.04 Å². The summed E-state index contributed by atoms with van der Waals surface area (Å²) in [5.41, 5.74) is 6.12. The Kier molecular flexibility index (Phi) is 3.93. The summed E-state index contributed by atoms with van der Waals surface area (Å²) in [6.45, 7) is 8.06. The molecule has 3 heteroatoms. The van der Waals surface area contributed by atoms with Gasteiger partial charge >= 0.3 is 0 Å². The van der Waals surface area contributed by atoms with Crippen LogP contribution in [0.4, 0.5) is 0 Å². The largest absolute Gasteiger partial charge is 0.493 e. The monoisotopic (exact) mass is 282 g/mol. The van der Waals surface area contributed by atoms with E-state index in [0.29, 0.717) is 0 Å². The topological polar surface area (TPSA) is 34.1 Å². The highest BCUT2D eigenvalue weighted by molar-refractivity contribution is 5.43. The van der Waals surface area contributed by atoms with Crippen molar-refractivity contribution in [1.29, 1.82) is 0 Å². The van der Waals surface area contributed by atoms with Crippen LogP contribution in [0.1, 0.15) is 40.9 Å². The Bertz CT molecular complexity index is 652. The van der Waals surface area contributed by atoms with Gasteiger partial charge in [0.25, 0.3) is 0 Å². The fourth-order valence-electron chi connectivity index (χ4n) is 2.99. The maximum Gasteiger partial charge on any atom is 0.122 e. The van der Waals surface area contributed by atoms with Crippen LogP contribution < -0.4 is 10.1 Å². The van der Waals surface area contributed by atoms with Gasteiger partial charge in [0, 0.05) is 12.6 Å². The zero-order chi connectivity index (χ0) is 14.8. The minimum absolute atomic E-state index is 0.140. The molecule has 0 radical (unpaired) electrons. The molecule has 0 saturated heterocycles. The molecular weight excluding hydrogens is 260 g/mol. The van der Waals surface area contributed by atoms with Crippen LogP contribution >= 0.6 is 0 Å². The van der Waals surface area contributed by atoms with Crippen molar-refractivity contribution in [2.24, 2.45) is 0 Å². The van der Waals surface area contributed by atoms with E-state index in [9.17, 15) is 0 Å². The van der Waals surface area contributed by atoms with Gasteiger partial charge in [0.05, 0.1) is 18.3 Å². The average molecular weight is 282 g/mol. The van der Waals surface area contributed by atoms with Crippen LogP contribution in [0.2, 0.25) is 0 Å². The number of nitrogens with zero attached hydrogens (tertiary/aromatic N) is 1. The van der Waals surface area contributed by atoms with Crippen molar-refractivity contribution in [1.82, 2.24) is 10.3 Å². The molecule has 1 atom stereocenters. The zero-order valence-corrected chi connectivity index (χ0v) is 12.9. The Hall–Kier alpha value is -1.87. The van der Waals surface area contributed by atoms with E-state index in [1.807, 2.05) is 6.20 Å². The molecule has 110 valence electrons. The second-order valence-corrected chi connectivity index (χ2v) is 5.67. The molecule has 21 heavy (non-hydrogen) atoms. The third-order valence-electron chi connectivity index (χ3n) is 3.98. The Labute approximate surface area is 126 Å². The van der Waals surface area contributed by atoms with Crippen LogP contribution in [0, 0.1) is 13.8 Å². The second-order valence-electron chi connectivity index (χ2n) is 5.67. The van der Waals surface area contributed by atoms with Crippen LogP contribution in [-0.4, -0.2) is 18.1 Å². The van der Waals surface area contributed by atoms with E-state index in [1.54, 1.807) is 0 Å². The molecule has 0 aliphatic carbocycles. The lowest BCUT2D eigenvalue weighted by Crippen LogP contribution is -2.24. The number of rotatable bonds is 4. The lowest BCUT2D eigenvalue weighted by atomic mass is 9.97. The number of ether oxygens (including phenoxy) is 1. The molecule has 0 saturated carbocycles. The first kappa shape index (κ1) is 14.1. The van der Waals surface area contributed by atoms with Crippen molar-refractivity contribution < 1.29 is 4.74 Å². The molecule has 1 aliphatic rings. The van der Waals surface area contributed by atoms with E-state index in [2.05, 4.69) is 55.3 Å². The van der Waals surface area contributed by atoms with Gasteiger partial charge in [-0.25, -0.2) is 0 Å². The average Bonchev–Trinajstić information content (AvgIpc) is 2.93. The standard InChI is InChI=1S/C18H22N2O/c1-4-19-18(17-13(3)9-12(2)11-20-17)15-5-6-16-14(10-15)7-8-21-16/h5-6,9-11,18-19H,4,7-8H2,1-3H3. The van der Waals surface area contributed by atoms with Crippen LogP contribution in [0.5, 0.6) is 5.75 Å². The van der Waals surface area contributed by atoms with Crippen molar-refractivity contribution >= 4 is 0 Å². The first-order valence-corrected chi connectivity index (χ1v) is 7.61. The molecule has 2 aromatic rings. The van der Waals surface area contributed by atoms with Crippen LogP contribution in [0.3, 0.4) is 0 Å². The van der Waals surface area contributed by atoms with Crippen molar-refractivity contribution in [2.45, 2.75) is 33.2 Å². The number of pyridine rings is 1. The summed E-state index contributed by atoms with van der Waals surface area (Å²) in [5, 5.41) is 3.56. The highest BCUT2D eigenvalue weighted by atomic mass is 16.5. The first-order chi connectivity index (χ1) is 10.2. The highest BCUT2D eigenvalue weighted by Crippen LogP contribution is 2.31. The van der Waals surface area contributed by atoms with Crippen LogP contribution in [0.25, 0.3) is 0 Å². The number of aryl methyl sites for hydroxylation is 2. The molecule has 1 N–H and O–H groups in total. The third-order valence-corrected chi connectivity index (χ3v) is 3.98. The molecule has 0 spiro atoms. The number of benzene rings is 1. The molecular formula is C18H22N2O. The summed E-state index contributed by atoms with van der Waals surface area (Å²) < 4.78 is 5.60. The SMILES string of the molecule is CCNC(c1ccc2c(c1)CCO2)c1ncc(C)cc1C. The molecule has 1 unspecified atom stereocenters. The van der Waals surface area contributed by atoms with Crippen LogP contribution in [0.15, 0.2) is 30.5 Å². The third kappa shape index (κ3) is 2.79. The molecule has 1 aromatic carbocycles. The summed E-state index contributed by atoms with van der Waals surface area (Å²) >= 11 is 0. The van der Waals surface area contributed by atoms with E-state index < -0.39 is 0 Å². The number of hydrogen-bond donors (Lipinski definition) is 1. The predicted octanol–water partition coefficient (Wildman–Crippen LogP) is 3.33. The maximum absolute atomic E-state index is 5.60. The van der Waals surface area contributed by atoms with E-state index in [0.717, 1.165) is 31.0 Å². The molecule has 3 rings (SSSR count). The van der Waals surface area contributed by atoms with Gasteiger partial charge in [0.2, 0.25) is 0 Å². The molecule has 0 bridgehead atoms. The number of hydrogen-bond acceptors (Lipinski definition) is 3. The lowest BCUT2D eigenvalue weighted by Gasteiger charge is -2.20. The Balaban J connectivity index is 2.01. The van der Waals surface area contributed by atoms with E-state index in [1.165, 1.54) is 22.3 Å². The first-order valence-electron chi connectivity index (χ1n) is 7.61. The number of fused-ring (bicyclic) bond motifs is 1. The Morgan fingerprint density at radius 3 is 2.90 bits per heavy atom. The fraction of sp³-hybridized carbons (Fsp3) is 0.389. The summed E-state index contributed by atoms with van der Waals surface area (Å²) in [7, 11) is 0. The van der Waals surface area contributed by atoms with Crippen LogP contribution in [-0.2, 0) is 6.42 Å². The van der Waals surface area contributed by atoms with E-state index >= 15 is 0 Å². The summed E-state index contributed by atoms with van der Waals surface area (Å²) in [6.07, 6.45) is 2.95. The van der Waals surface area contributed by atoms with E-state index in [4.69, 9.17) is 4.74 Å². The Morgan fingerprint density at radius 1 is 1.29 bits per heavy atom. The smallest absolute Gasteiger partial charge is 0.122 e. The van der Waals surface area contributed by atoms with Gasteiger partial charge in [-0.3, -0.25) is 4.98 Å². The molecule has 0 amide bonds. The van der Waals surface area contributed by atoms with Crippen molar-refractivity contribution in [3.8, 4) is 5.75 Å². The van der Waals surface area contributed by atoms with Gasteiger partial charge < -0.3 is 10.1 Å². The number of nitrogens with one attached hydrogen (secondary N) is 1. The second kappa shape index (κ2) is 5.86. The molecule has 2 heterocycles. The summed E-state index contributed by atoms with van der Waals surface area (Å²) in [4.78, 5) is 4.67. The Morgan fingerprint density at radius 2 is 2.14 bits per heavy atom. The van der Waals surface area contributed by atoms with Crippen molar-refractivity contribution in [3.63, 3.8) is 0 Å². The zero-order valence-electron chi connectivity index (χ0n) is 12.9. The number of aromatic nitrogens is 1. The fourth-order valence-corrected chi connectivity index (χ4v) is 2.99. The van der Waals surface area contributed by atoms with Gasteiger partial charge in [-0.05, 0) is 48.7 Å². The quantitative estimate of drug-likeness (QED) is 0.934. The van der Waals surface area contributed by atoms with Gasteiger partial charge in [-0.1, -0.05) is 25.1 Å². The van der Waals surface area contributed by atoms with Gasteiger partial charge in [0.15, 0.2) is 0 Å². The molecule has 1 aliphatic heterocycles. The predicted molar refractivity (Wildman–Crippen MR) is 84.9 cm³/mol. The van der Waals surface area contributed by atoms with Gasteiger partial charge in [-0.2, -0.15) is 0 Å². The van der Waals surface area contributed by atoms with Crippen molar-refractivity contribution in [3.05, 3.63) is 58.4 Å². The normalized spacial score (nSPS) is 14.6. The van der Waals surface area contributed by atoms with Gasteiger partial charge in [-0.15, -0.1) is 0 Å². The minimum atomic E-state index is 0.140. The maximum atomic E-state index is 5.60. The summed E-state index contributed by atoms with van der Waals surface area (Å²) in [5.74, 6) is 1.03.